The molecule has 1 amide bonds. The van der Waals surface area contributed by atoms with E-state index in [1.807, 2.05) is 0 Å². The number of hydrogen-bond donors (Lipinski definition) is 2. The predicted molar refractivity (Wildman–Crippen MR) is 86.7 cm³/mol. The molecule has 25 heavy (non-hydrogen) atoms. The molecule has 7 nitrogen and oxygen atoms in total. The van der Waals surface area contributed by atoms with Crippen molar-refractivity contribution in [3.05, 3.63) is 92.4 Å². The van der Waals surface area contributed by atoms with E-state index in [-0.39, 0.29) is 24.2 Å². The van der Waals surface area contributed by atoms with E-state index in [1.54, 1.807) is 18.2 Å². The van der Waals surface area contributed by atoms with Crippen LogP contribution in [0.5, 0.6) is 0 Å². The van der Waals surface area contributed by atoms with Crippen molar-refractivity contribution in [2.45, 2.75) is 13.1 Å². The standard InChI is InChI=1S/C17H14FN3O4/c18-14-6-2-1-4-11(14)8-19-15(22)13-9-20-17(24)21(16(13)23)10-12-5-3-7-25-12/h1-7,9H,8,10H2,(H,19,22)(H,20,24). The van der Waals surface area contributed by atoms with Crippen LogP contribution in [-0.4, -0.2) is 15.5 Å². The number of hydrogen-bond acceptors (Lipinski definition) is 4. The lowest BCUT2D eigenvalue weighted by molar-refractivity contribution is 0.0948. The van der Waals surface area contributed by atoms with Crippen LogP contribution in [0.2, 0.25) is 0 Å². The summed E-state index contributed by atoms with van der Waals surface area (Å²) in [5.41, 5.74) is -1.38. The van der Waals surface area contributed by atoms with Crippen LogP contribution in [0, 0.1) is 5.82 Å². The van der Waals surface area contributed by atoms with Crippen molar-refractivity contribution in [3.8, 4) is 0 Å². The fraction of sp³-hybridized carbons (Fsp3) is 0.118. The zero-order chi connectivity index (χ0) is 17.8. The molecule has 8 heteroatoms. The van der Waals surface area contributed by atoms with Crippen molar-refractivity contribution < 1.29 is 13.6 Å². The number of nitrogens with one attached hydrogen (secondary N) is 2. The minimum absolute atomic E-state index is 0.0811. The first-order valence-corrected chi connectivity index (χ1v) is 7.43. The quantitative estimate of drug-likeness (QED) is 0.728. The van der Waals surface area contributed by atoms with Crippen molar-refractivity contribution in [3.63, 3.8) is 0 Å². The number of furan rings is 1. The van der Waals surface area contributed by atoms with Gasteiger partial charge in [0.1, 0.15) is 17.1 Å². The zero-order valence-electron chi connectivity index (χ0n) is 13.0. The number of H-pyrrole nitrogens is 1. The Morgan fingerprint density at radius 1 is 1.20 bits per heavy atom. The van der Waals surface area contributed by atoms with Gasteiger partial charge in [0.2, 0.25) is 0 Å². The van der Waals surface area contributed by atoms with E-state index in [0.29, 0.717) is 5.76 Å². The van der Waals surface area contributed by atoms with E-state index in [9.17, 15) is 18.8 Å². The van der Waals surface area contributed by atoms with Gasteiger partial charge in [0, 0.05) is 18.3 Å². The lowest BCUT2D eigenvalue weighted by Crippen LogP contribution is -2.40. The molecule has 0 saturated heterocycles. The summed E-state index contributed by atoms with van der Waals surface area (Å²) in [7, 11) is 0. The van der Waals surface area contributed by atoms with Crippen LogP contribution in [-0.2, 0) is 13.1 Å². The Kier molecular flexibility index (Phi) is 4.60. The molecule has 0 fully saturated rings. The summed E-state index contributed by atoms with van der Waals surface area (Å²) < 4.78 is 19.5. The lowest BCUT2D eigenvalue weighted by atomic mass is 10.2. The highest BCUT2D eigenvalue weighted by atomic mass is 19.1. The predicted octanol–water partition coefficient (Wildman–Crippen LogP) is 1.25. The first-order chi connectivity index (χ1) is 12.1. The van der Waals surface area contributed by atoms with Gasteiger partial charge in [0.05, 0.1) is 12.8 Å². The second-order valence-corrected chi connectivity index (χ2v) is 5.25. The molecule has 0 bridgehead atoms. The van der Waals surface area contributed by atoms with Gasteiger partial charge in [-0.1, -0.05) is 18.2 Å². The molecule has 0 radical (unpaired) electrons. The molecule has 2 heterocycles. The fourth-order valence-corrected chi connectivity index (χ4v) is 2.29. The van der Waals surface area contributed by atoms with Crippen LogP contribution in [0.15, 0.2) is 62.9 Å². The van der Waals surface area contributed by atoms with E-state index in [4.69, 9.17) is 4.42 Å². The molecule has 0 saturated carbocycles. The molecule has 0 atom stereocenters. The van der Waals surface area contributed by atoms with E-state index in [0.717, 1.165) is 10.8 Å². The number of benzene rings is 1. The van der Waals surface area contributed by atoms with E-state index >= 15 is 0 Å². The molecule has 128 valence electrons. The summed E-state index contributed by atoms with van der Waals surface area (Å²) in [5.74, 6) is -0.770. The fourth-order valence-electron chi connectivity index (χ4n) is 2.29. The molecule has 0 unspecified atom stereocenters. The Balaban J connectivity index is 1.82. The SMILES string of the molecule is O=C(NCc1ccccc1F)c1c[nH]c(=O)n(Cc2ccco2)c1=O. The smallest absolute Gasteiger partial charge is 0.328 e. The molecular weight excluding hydrogens is 329 g/mol. The van der Waals surface area contributed by atoms with Crippen LogP contribution in [0.3, 0.4) is 0 Å². The van der Waals surface area contributed by atoms with Crippen molar-refractivity contribution in [2.75, 3.05) is 0 Å². The van der Waals surface area contributed by atoms with Crippen LogP contribution in [0.1, 0.15) is 21.7 Å². The third-order valence-corrected chi connectivity index (χ3v) is 3.60. The average Bonchev–Trinajstić information content (AvgIpc) is 3.11. The lowest BCUT2D eigenvalue weighted by Gasteiger charge is -2.08. The van der Waals surface area contributed by atoms with Gasteiger partial charge in [-0.05, 0) is 18.2 Å². The number of aromatic nitrogens is 2. The maximum Gasteiger partial charge on any atom is 0.328 e. The molecule has 0 aliphatic rings. The normalized spacial score (nSPS) is 10.6. The Hall–Kier alpha value is -3.42. The monoisotopic (exact) mass is 343 g/mol. The Morgan fingerprint density at radius 2 is 2.00 bits per heavy atom. The minimum atomic E-state index is -0.758. The van der Waals surface area contributed by atoms with Crippen LogP contribution < -0.4 is 16.6 Å². The number of carbonyl (C=O) groups excluding carboxylic acids is 1. The van der Waals surface area contributed by atoms with Gasteiger partial charge < -0.3 is 14.7 Å². The summed E-state index contributed by atoms with van der Waals surface area (Å²) in [6.45, 7) is -0.183. The number of amides is 1. The summed E-state index contributed by atoms with van der Waals surface area (Å²) in [6.07, 6.45) is 2.46. The zero-order valence-corrected chi connectivity index (χ0v) is 13.0. The summed E-state index contributed by atoms with van der Waals surface area (Å²) in [4.78, 5) is 38.8. The third kappa shape index (κ3) is 3.57. The molecular formula is C17H14FN3O4. The highest BCUT2D eigenvalue weighted by Crippen LogP contribution is 2.06. The molecule has 0 aliphatic carbocycles. The van der Waals surface area contributed by atoms with Gasteiger partial charge in [-0.25, -0.2) is 9.18 Å². The van der Waals surface area contributed by atoms with E-state index in [1.165, 1.54) is 24.5 Å². The molecule has 3 rings (SSSR count). The maximum atomic E-state index is 13.6. The number of nitrogens with zero attached hydrogens (tertiary/aromatic N) is 1. The Morgan fingerprint density at radius 3 is 2.72 bits per heavy atom. The van der Waals surface area contributed by atoms with Crippen molar-refractivity contribution >= 4 is 5.91 Å². The number of carbonyl (C=O) groups is 1. The third-order valence-electron chi connectivity index (χ3n) is 3.60. The van der Waals surface area contributed by atoms with Gasteiger partial charge in [0.15, 0.2) is 0 Å². The van der Waals surface area contributed by atoms with Crippen molar-refractivity contribution in [1.82, 2.24) is 14.9 Å². The van der Waals surface area contributed by atoms with Gasteiger partial charge in [0.25, 0.3) is 11.5 Å². The van der Waals surface area contributed by atoms with Gasteiger partial charge >= 0.3 is 5.69 Å². The summed E-state index contributed by atoms with van der Waals surface area (Å²) in [6, 6.07) is 9.21. The Bertz CT molecular complexity index is 1010. The minimum Gasteiger partial charge on any atom is -0.467 e. The average molecular weight is 343 g/mol. The van der Waals surface area contributed by atoms with Crippen LogP contribution >= 0.6 is 0 Å². The van der Waals surface area contributed by atoms with Crippen LogP contribution in [0.4, 0.5) is 4.39 Å². The largest absolute Gasteiger partial charge is 0.467 e. The first-order valence-electron chi connectivity index (χ1n) is 7.43. The number of aromatic amines is 1. The Labute approximate surface area is 140 Å². The summed E-state index contributed by atoms with van der Waals surface area (Å²) >= 11 is 0. The second kappa shape index (κ2) is 7.00. The van der Waals surface area contributed by atoms with Crippen molar-refractivity contribution in [2.24, 2.45) is 0 Å². The molecule has 1 aromatic carbocycles. The number of halogens is 1. The maximum absolute atomic E-state index is 13.6. The van der Waals surface area contributed by atoms with Crippen molar-refractivity contribution in [1.29, 1.82) is 0 Å². The molecule has 3 aromatic rings. The van der Waals surface area contributed by atoms with E-state index < -0.39 is 23.0 Å². The van der Waals surface area contributed by atoms with E-state index in [2.05, 4.69) is 10.3 Å². The topological polar surface area (TPSA) is 97.1 Å². The van der Waals surface area contributed by atoms with Crippen LogP contribution in [0.25, 0.3) is 0 Å². The molecule has 0 spiro atoms. The second-order valence-electron chi connectivity index (χ2n) is 5.25. The van der Waals surface area contributed by atoms with Gasteiger partial charge in [-0.15, -0.1) is 0 Å². The summed E-state index contributed by atoms with van der Waals surface area (Å²) in [5, 5.41) is 2.46. The van der Waals surface area contributed by atoms with Gasteiger partial charge in [-0.3, -0.25) is 14.2 Å². The number of rotatable bonds is 5. The highest BCUT2D eigenvalue weighted by Gasteiger charge is 2.15. The first kappa shape index (κ1) is 16.4. The van der Waals surface area contributed by atoms with Gasteiger partial charge in [-0.2, -0.15) is 0 Å². The highest BCUT2D eigenvalue weighted by molar-refractivity contribution is 5.93. The molecule has 2 aromatic heterocycles. The molecule has 2 N–H and O–H groups in total. The molecule has 0 aliphatic heterocycles.